The van der Waals surface area contributed by atoms with E-state index >= 15 is 0 Å². The fourth-order valence-electron chi connectivity index (χ4n) is 1.90. The van der Waals surface area contributed by atoms with Crippen LogP contribution in [0.1, 0.15) is 13.3 Å². The van der Waals surface area contributed by atoms with E-state index in [-0.39, 0.29) is 51.0 Å². The maximum atomic E-state index is 9.48. The Labute approximate surface area is 178 Å². The van der Waals surface area contributed by atoms with Crippen molar-refractivity contribution in [2.75, 3.05) is 0 Å². The molecule has 24 heavy (non-hydrogen) atoms. The molecule has 0 spiro atoms. The first-order valence-corrected chi connectivity index (χ1v) is 9.00. The van der Waals surface area contributed by atoms with E-state index in [1.807, 2.05) is 0 Å². The number of halogens is 2. The molecular weight excluding hydrogens is 436 g/mol. The summed E-state index contributed by atoms with van der Waals surface area (Å²) in [6.45, 7) is 5.97. The van der Waals surface area contributed by atoms with Crippen LogP contribution in [0.3, 0.4) is 0 Å². The van der Waals surface area contributed by atoms with Crippen molar-refractivity contribution in [1.29, 1.82) is 0 Å². The first-order valence-electron chi connectivity index (χ1n) is 7.00. The Kier molecular flexibility index (Phi) is 18.8. The Morgan fingerprint density at radius 3 is 1.54 bits per heavy atom. The van der Waals surface area contributed by atoms with Gasteiger partial charge in [0.25, 0.3) is 0 Å². The van der Waals surface area contributed by atoms with Gasteiger partial charge in [0.15, 0.2) is 0 Å². The number of carbonyl (C=O) groups excluding carboxylic acids is 1. The Balaban J connectivity index is -0.000000351. The quantitative estimate of drug-likeness (QED) is 0.358. The predicted molar refractivity (Wildman–Crippen MR) is 94.1 cm³/mol. The van der Waals surface area contributed by atoms with E-state index in [1.54, 1.807) is 6.92 Å². The molecule has 0 bridgehead atoms. The van der Waals surface area contributed by atoms with Crippen LogP contribution >= 0.6 is 0 Å². The first-order chi connectivity index (χ1) is 10.1. The van der Waals surface area contributed by atoms with Crippen LogP contribution in [-0.2, 0) is 31.0 Å². The Hall–Kier alpha value is -0.540. The molecule has 1 N–H and O–H groups in total. The third-order valence-electron chi connectivity index (χ3n) is 2.84. The van der Waals surface area contributed by atoms with Crippen molar-refractivity contribution in [3.8, 4) is 0 Å². The summed E-state index contributed by atoms with van der Waals surface area (Å²) in [5.74, 6) is -0.495. The zero-order valence-electron chi connectivity index (χ0n) is 14.1. The van der Waals surface area contributed by atoms with E-state index < -0.39 is 5.91 Å². The summed E-state index contributed by atoms with van der Waals surface area (Å²) in [7, 11) is 1.08. The number of hydrogen-bond donors (Lipinski definition) is 0. The second-order valence-electron chi connectivity index (χ2n) is 4.60. The fraction of sp³-hybridized carbons (Fsp3) is 0.222. The van der Waals surface area contributed by atoms with Crippen molar-refractivity contribution >= 4 is 37.0 Å². The molecule has 0 aliphatic heterocycles. The summed E-state index contributed by atoms with van der Waals surface area (Å²) in [5, 5.41) is 5.39. The Morgan fingerprint density at radius 2 is 1.25 bits per heavy atom. The van der Waals surface area contributed by atoms with Crippen LogP contribution in [0.5, 0.6) is 0 Å². The van der Waals surface area contributed by atoms with Gasteiger partial charge in [-0.3, -0.25) is 0 Å². The number of hydrogen-bond acceptors (Lipinski definition) is 1. The van der Waals surface area contributed by atoms with Gasteiger partial charge in [-0.15, -0.1) is 39.7 Å². The molecular formula is C18H21Cl2NOSiZr. The van der Waals surface area contributed by atoms with Gasteiger partial charge in [0, 0.05) is 15.4 Å². The minimum Gasteiger partial charge on any atom is -1.00 e. The minimum absolute atomic E-state index is 0. The van der Waals surface area contributed by atoms with Crippen molar-refractivity contribution in [1.82, 2.24) is 0 Å². The topological polar surface area (TPSA) is 40.9 Å². The number of amides is 1. The van der Waals surface area contributed by atoms with Gasteiger partial charge in [-0.2, -0.15) is 0 Å². The number of benzene rings is 2. The molecule has 3 rings (SSSR count). The summed E-state index contributed by atoms with van der Waals surface area (Å²) >= 11 is 0. The molecule has 1 amide bonds. The van der Waals surface area contributed by atoms with E-state index in [0.29, 0.717) is 6.42 Å². The molecule has 3 aromatic rings. The van der Waals surface area contributed by atoms with Crippen molar-refractivity contribution in [2.24, 2.45) is 0 Å². The average Bonchev–Trinajstić information content (AvgIpc) is 2.87. The Bertz CT molecular complexity index is 653. The largest absolute Gasteiger partial charge is 4.00 e. The van der Waals surface area contributed by atoms with Crippen molar-refractivity contribution < 1.29 is 55.8 Å². The summed E-state index contributed by atoms with van der Waals surface area (Å²) < 4.78 is 0. The van der Waals surface area contributed by atoms with Gasteiger partial charge in [-0.1, -0.05) is 56.4 Å². The summed E-state index contributed by atoms with van der Waals surface area (Å²) in [4.78, 5) is 9.48. The van der Waals surface area contributed by atoms with Crippen LogP contribution in [0.2, 0.25) is 13.1 Å². The SMILES string of the molecule is CCC([NH-])=O.C[Si]C.[Cl-].[Cl-].[Zr+4].c1ccc2c(c1)[cH-]c1ccccc12. The van der Waals surface area contributed by atoms with Crippen LogP contribution < -0.4 is 24.8 Å². The zero-order chi connectivity index (χ0) is 15.7. The summed E-state index contributed by atoms with van der Waals surface area (Å²) in [5.41, 5.74) is 6.19. The van der Waals surface area contributed by atoms with Crippen LogP contribution in [0.15, 0.2) is 54.6 Å². The molecule has 0 heterocycles. The predicted octanol–water partition coefficient (Wildman–Crippen LogP) is -0.521. The molecule has 6 heteroatoms. The van der Waals surface area contributed by atoms with E-state index in [2.05, 4.69) is 67.7 Å². The Morgan fingerprint density at radius 1 is 0.958 bits per heavy atom. The van der Waals surface area contributed by atoms with Crippen LogP contribution in [0.25, 0.3) is 27.3 Å². The van der Waals surface area contributed by atoms with Crippen molar-refractivity contribution in [3.63, 3.8) is 0 Å². The van der Waals surface area contributed by atoms with Crippen LogP contribution in [0.4, 0.5) is 0 Å². The van der Waals surface area contributed by atoms with Crippen LogP contribution in [-0.4, -0.2) is 15.4 Å². The molecule has 3 aromatic carbocycles. The number of fused-ring (bicyclic) bond motifs is 3. The molecule has 0 unspecified atom stereocenters. The summed E-state index contributed by atoms with van der Waals surface area (Å²) in [6.07, 6.45) is 0.333. The van der Waals surface area contributed by atoms with Gasteiger partial charge in [0.1, 0.15) is 0 Å². The molecule has 0 aromatic heterocycles. The molecule has 0 aliphatic rings. The van der Waals surface area contributed by atoms with Gasteiger partial charge in [0.2, 0.25) is 0 Å². The third-order valence-corrected chi connectivity index (χ3v) is 2.84. The van der Waals surface area contributed by atoms with Crippen LogP contribution in [0, 0.1) is 0 Å². The maximum Gasteiger partial charge on any atom is 4.00 e. The van der Waals surface area contributed by atoms with Crippen molar-refractivity contribution in [3.05, 3.63) is 60.3 Å². The van der Waals surface area contributed by atoms with Gasteiger partial charge in [0.05, 0.1) is 0 Å². The van der Waals surface area contributed by atoms with Gasteiger partial charge < -0.3 is 35.3 Å². The first kappa shape index (κ1) is 28.3. The number of rotatable bonds is 1. The molecule has 0 fully saturated rings. The minimum atomic E-state index is -0.495. The molecule has 0 atom stereocenters. The van der Waals surface area contributed by atoms with E-state index in [4.69, 9.17) is 5.73 Å². The molecule has 2 radical (unpaired) electrons. The van der Waals surface area contributed by atoms with Gasteiger partial charge in [-0.05, 0) is 6.42 Å². The van der Waals surface area contributed by atoms with Gasteiger partial charge >= 0.3 is 26.2 Å². The van der Waals surface area contributed by atoms with Gasteiger partial charge in [-0.25, -0.2) is 0 Å². The number of nitrogens with one attached hydrogen (secondary N) is 1. The molecule has 126 valence electrons. The molecule has 0 saturated carbocycles. The monoisotopic (exact) mass is 455 g/mol. The smallest absolute Gasteiger partial charge is 1.00 e. The zero-order valence-corrected chi connectivity index (χ0v) is 19.0. The third kappa shape index (κ3) is 9.08. The fourth-order valence-corrected chi connectivity index (χ4v) is 1.90. The molecule has 0 aliphatic carbocycles. The van der Waals surface area contributed by atoms with E-state index in [0.717, 1.165) is 9.52 Å². The van der Waals surface area contributed by atoms with E-state index in [9.17, 15) is 4.79 Å². The molecule has 2 nitrogen and oxygen atoms in total. The normalized spacial score (nSPS) is 8.29. The van der Waals surface area contributed by atoms with E-state index in [1.165, 1.54) is 21.5 Å². The summed E-state index contributed by atoms with van der Waals surface area (Å²) in [6, 6.07) is 19.3. The average molecular weight is 458 g/mol. The standard InChI is InChI=1S/C13H9.C3H7NO.C2H6Si.2ClH.Zr/c1-3-7-12-10(5-1)9-11-6-2-4-8-13(11)12;1-2-3(4)5;1-3-2;;;/h1-9H;2H2,1H3,(H2,4,5);1-2H3;2*1H;/q-1;;;;;+4/p-3. The second-order valence-corrected chi connectivity index (χ2v) is 5.60. The molecule has 0 saturated heterocycles. The number of carbonyl (C=O) groups is 1. The second kappa shape index (κ2) is 16.0. The maximum absolute atomic E-state index is 9.48. The van der Waals surface area contributed by atoms with Crippen molar-refractivity contribution in [2.45, 2.75) is 26.4 Å².